The molecule has 0 spiro atoms. The molecule has 1 aromatic heterocycles. The number of unbranched alkanes of at least 4 members (excludes halogenated alkanes) is 3. The number of hydrogen-bond acceptors (Lipinski definition) is 4. The summed E-state index contributed by atoms with van der Waals surface area (Å²) >= 11 is 0. The van der Waals surface area contributed by atoms with Gasteiger partial charge in [-0.1, -0.05) is 33.1 Å². The SMILES string of the molecule is CCCCCNc1nccc(C(=O)NCCCC)n1. The maximum atomic E-state index is 11.8. The monoisotopic (exact) mass is 264 g/mol. The Morgan fingerprint density at radius 2 is 1.95 bits per heavy atom. The van der Waals surface area contributed by atoms with Gasteiger partial charge in [-0.3, -0.25) is 4.79 Å². The van der Waals surface area contributed by atoms with E-state index in [0.29, 0.717) is 18.2 Å². The van der Waals surface area contributed by atoms with Gasteiger partial charge in [0, 0.05) is 19.3 Å². The van der Waals surface area contributed by atoms with Crippen molar-refractivity contribution in [3.05, 3.63) is 18.0 Å². The van der Waals surface area contributed by atoms with Crippen molar-refractivity contribution in [2.45, 2.75) is 46.0 Å². The highest BCUT2D eigenvalue weighted by molar-refractivity contribution is 5.92. The van der Waals surface area contributed by atoms with Gasteiger partial charge >= 0.3 is 0 Å². The molecule has 106 valence electrons. The molecule has 0 unspecified atom stereocenters. The minimum atomic E-state index is -0.132. The minimum absolute atomic E-state index is 0.132. The van der Waals surface area contributed by atoms with Crippen LogP contribution in [-0.4, -0.2) is 29.0 Å². The second kappa shape index (κ2) is 9.30. The molecule has 0 fully saturated rings. The number of hydrogen-bond donors (Lipinski definition) is 2. The predicted molar refractivity (Wildman–Crippen MR) is 77.3 cm³/mol. The van der Waals surface area contributed by atoms with Crippen LogP contribution < -0.4 is 10.6 Å². The summed E-state index contributed by atoms with van der Waals surface area (Å²) in [4.78, 5) is 20.1. The first-order valence-electron chi connectivity index (χ1n) is 7.13. The summed E-state index contributed by atoms with van der Waals surface area (Å²) in [5.74, 6) is 0.395. The van der Waals surface area contributed by atoms with Crippen LogP contribution in [0, 0.1) is 0 Å². The number of anilines is 1. The molecule has 0 aromatic carbocycles. The second-order valence-corrected chi connectivity index (χ2v) is 4.51. The van der Waals surface area contributed by atoms with Gasteiger partial charge in [0.05, 0.1) is 0 Å². The normalized spacial score (nSPS) is 10.2. The molecule has 1 aromatic rings. The van der Waals surface area contributed by atoms with Gasteiger partial charge in [0.25, 0.3) is 5.91 Å². The fourth-order valence-corrected chi connectivity index (χ4v) is 1.61. The Bertz CT molecular complexity index is 381. The van der Waals surface area contributed by atoms with Crippen LogP contribution in [0.3, 0.4) is 0 Å². The van der Waals surface area contributed by atoms with E-state index in [0.717, 1.165) is 25.8 Å². The highest BCUT2D eigenvalue weighted by atomic mass is 16.1. The van der Waals surface area contributed by atoms with Crippen molar-refractivity contribution >= 4 is 11.9 Å². The van der Waals surface area contributed by atoms with E-state index in [1.807, 2.05) is 0 Å². The van der Waals surface area contributed by atoms with E-state index in [2.05, 4.69) is 34.4 Å². The summed E-state index contributed by atoms with van der Waals surface area (Å²) in [6.45, 7) is 5.79. The number of nitrogens with one attached hydrogen (secondary N) is 2. The molecule has 0 radical (unpaired) electrons. The Balaban J connectivity index is 2.44. The number of rotatable bonds is 9. The average Bonchev–Trinajstić information content (AvgIpc) is 2.44. The van der Waals surface area contributed by atoms with Crippen molar-refractivity contribution in [1.29, 1.82) is 0 Å². The van der Waals surface area contributed by atoms with Gasteiger partial charge in [-0.15, -0.1) is 0 Å². The van der Waals surface area contributed by atoms with Gasteiger partial charge in [-0.05, 0) is 18.9 Å². The maximum absolute atomic E-state index is 11.8. The standard InChI is InChI=1S/C14H24N4O/c1-3-5-7-10-16-14-17-11-8-12(18-14)13(19)15-9-6-4-2/h8,11H,3-7,9-10H2,1-2H3,(H,15,19)(H,16,17,18). The molecule has 0 atom stereocenters. The summed E-state index contributed by atoms with van der Waals surface area (Å²) in [5, 5.41) is 5.99. The Kier molecular flexibility index (Phi) is 7.54. The van der Waals surface area contributed by atoms with E-state index in [9.17, 15) is 4.79 Å². The maximum Gasteiger partial charge on any atom is 0.270 e. The van der Waals surface area contributed by atoms with Crippen LogP contribution in [0.1, 0.15) is 56.4 Å². The van der Waals surface area contributed by atoms with Crippen molar-refractivity contribution in [3.8, 4) is 0 Å². The molecule has 5 heteroatoms. The lowest BCUT2D eigenvalue weighted by molar-refractivity contribution is 0.0948. The Morgan fingerprint density at radius 3 is 2.68 bits per heavy atom. The number of carbonyl (C=O) groups is 1. The Morgan fingerprint density at radius 1 is 1.16 bits per heavy atom. The van der Waals surface area contributed by atoms with Crippen molar-refractivity contribution < 1.29 is 4.79 Å². The largest absolute Gasteiger partial charge is 0.354 e. The second-order valence-electron chi connectivity index (χ2n) is 4.51. The minimum Gasteiger partial charge on any atom is -0.354 e. The molecule has 0 bridgehead atoms. The highest BCUT2D eigenvalue weighted by Gasteiger charge is 2.07. The first-order chi connectivity index (χ1) is 9.27. The molecule has 1 heterocycles. The first kappa shape index (κ1) is 15.4. The van der Waals surface area contributed by atoms with Crippen LogP contribution in [0.15, 0.2) is 12.3 Å². The molecule has 0 aliphatic heterocycles. The van der Waals surface area contributed by atoms with Crippen LogP contribution >= 0.6 is 0 Å². The molecular formula is C14H24N4O. The fraction of sp³-hybridized carbons (Fsp3) is 0.643. The quantitative estimate of drug-likeness (QED) is 0.673. The highest BCUT2D eigenvalue weighted by Crippen LogP contribution is 2.02. The van der Waals surface area contributed by atoms with Crippen molar-refractivity contribution in [3.63, 3.8) is 0 Å². The van der Waals surface area contributed by atoms with E-state index in [1.54, 1.807) is 12.3 Å². The number of carbonyl (C=O) groups excluding carboxylic acids is 1. The van der Waals surface area contributed by atoms with Crippen LogP contribution in [-0.2, 0) is 0 Å². The van der Waals surface area contributed by atoms with Crippen LogP contribution in [0.25, 0.3) is 0 Å². The topological polar surface area (TPSA) is 66.9 Å². The van der Waals surface area contributed by atoms with Gasteiger partial charge < -0.3 is 10.6 Å². The Hall–Kier alpha value is -1.65. The summed E-state index contributed by atoms with van der Waals surface area (Å²) in [6.07, 6.45) is 7.12. The van der Waals surface area contributed by atoms with Gasteiger partial charge in [0.1, 0.15) is 5.69 Å². The van der Waals surface area contributed by atoms with Crippen molar-refractivity contribution in [2.24, 2.45) is 0 Å². The zero-order valence-electron chi connectivity index (χ0n) is 11.9. The van der Waals surface area contributed by atoms with Gasteiger partial charge in [-0.25, -0.2) is 9.97 Å². The van der Waals surface area contributed by atoms with Crippen LogP contribution in [0.4, 0.5) is 5.95 Å². The van der Waals surface area contributed by atoms with Crippen molar-refractivity contribution in [2.75, 3.05) is 18.4 Å². The van der Waals surface area contributed by atoms with E-state index in [-0.39, 0.29) is 5.91 Å². The molecule has 0 saturated heterocycles. The first-order valence-corrected chi connectivity index (χ1v) is 7.13. The number of aromatic nitrogens is 2. The molecule has 1 rings (SSSR count). The van der Waals surface area contributed by atoms with E-state index in [4.69, 9.17) is 0 Å². The molecule has 19 heavy (non-hydrogen) atoms. The lowest BCUT2D eigenvalue weighted by Gasteiger charge is -2.06. The van der Waals surface area contributed by atoms with Crippen molar-refractivity contribution in [1.82, 2.24) is 15.3 Å². The molecule has 0 aliphatic rings. The molecule has 5 nitrogen and oxygen atoms in total. The van der Waals surface area contributed by atoms with Gasteiger partial charge in [0.2, 0.25) is 5.95 Å². The lowest BCUT2D eigenvalue weighted by Crippen LogP contribution is -2.25. The lowest BCUT2D eigenvalue weighted by atomic mass is 10.2. The Labute approximate surface area is 115 Å². The average molecular weight is 264 g/mol. The summed E-state index contributed by atoms with van der Waals surface area (Å²) < 4.78 is 0. The van der Waals surface area contributed by atoms with Gasteiger partial charge in [0.15, 0.2) is 0 Å². The third-order valence-corrected chi connectivity index (χ3v) is 2.77. The number of amides is 1. The third kappa shape index (κ3) is 6.18. The van der Waals surface area contributed by atoms with E-state index in [1.165, 1.54) is 12.8 Å². The smallest absolute Gasteiger partial charge is 0.270 e. The zero-order chi connectivity index (χ0) is 13.9. The summed E-state index contributed by atoms with van der Waals surface area (Å²) in [6, 6.07) is 1.64. The van der Waals surface area contributed by atoms with Gasteiger partial charge in [-0.2, -0.15) is 0 Å². The molecule has 0 saturated carbocycles. The van der Waals surface area contributed by atoms with E-state index < -0.39 is 0 Å². The third-order valence-electron chi connectivity index (χ3n) is 2.77. The molecule has 1 amide bonds. The fourth-order valence-electron chi connectivity index (χ4n) is 1.61. The number of nitrogens with zero attached hydrogens (tertiary/aromatic N) is 2. The molecule has 2 N–H and O–H groups in total. The zero-order valence-corrected chi connectivity index (χ0v) is 11.9. The molecule has 0 aliphatic carbocycles. The summed E-state index contributed by atoms with van der Waals surface area (Å²) in [7, 11) is 0. The molecular weight excluding hydrogens is 240 g/mol. The summed E-state index contributed by atoms with van der Waals surface area (Å²) in [5.41, 5.74) is 0.420. The predicted octanol–water partition coefficient (Wildman–Crippen LogP) is 2.61. The van der Waals surface area contributed by atoms with E-state index >= 15 is 0 Å². The van der Waals surface area contributed by atoms with Crippen LogP contribution in [0.5, 0.6) is 0 Å². The van der Waals surface area contributed by atoms with Crippen LogP contribution in [0.2, 0.25) is 0 Å².